The van der Waals surface area contributed by atoms with E-state index in [1.54, 1.807) is 6.92 Å². The number of hydrogen-bond acceptors (Lipinski definition) is 2. The van der Waals surface area contributed by atoms with E-state index in [1.807, 2.05) is 11.3 Å². The van der Waals surface area contributed by atoms with Crippen molar-refractivity contribution in [3.05, 3.63) is 21.9 Å². The SMILES string of the molecule is CC(=O)[C@H]1C[C@@H]1c1ccc(C)s1. The molecule has 0 radical (unpaired) electrons. The smallest absolute Gasteiger partial charge is 0.133 e. The molecule has 1 saturated carbocycles. The molecule has 1 aliphatic rings. The van der Waals surface area contributed by atoms with Crippen molar-refractivity contribution in [1.82, 2.24) is 0 Å². The monoisotopic (exact) mass is 180 g/mol. The third-order valence-corrected chi connectivity index (χ3v) is 3.57. The van der Waals surface area contributed by atoms with Crippen LogP contribution in [0.25, 0.3) is 0 Å². The number of Topliss-reactive ketones (excluding diaryl/α,β-unsaturated/α-hetero) is 1. The largest absolute Gasteiger partial charge is 0.300 e. The summed E-state index contributed by atoms with van der Waals surface area (Å²) in [6.45, 7) is 3.81. The van der Waals surface area contributed by atoms with Crippen molar-refractivity contribution in [1.29, 1.82) is 0 Å². The highest BCUT2D eigenvalue weighted by Crippen LogP contribution is 2.49. The molecule has 2 heteroatoms. The molecule has 12 heavy (non-hydrogen) atoms. The van der Waals surface area contributed by atoms with E-state index in [2.05, 4.69) is 19.1 Å². The van der Waals surface area contributed by atoms with Gasteiger partial charge in [-0.05, 0) is 32.4 Å². The molecule has 1 fully saturated rings. The Hall–Kier alpha value is -0.630. The van der Waals surface area contributed by atoms with Crippen LogP contribution in [0.4, 0.5) is 0 Å². The highest BCUT2D eigenvalue weighted by Gasteiger charge is 2.42. The first-order valence-electron chi connectivity index (χ1n) is 4.25. The molecule has 0 N–H and O–H groups in total. The maximum Gasteiger partial charge on any atom is 0.133 e. The maximum atomic E-state index is 11.0. The second kappa shape index (κ2) is 2.70. The van der Waals surface area contributed by atoms with Gasteiger partial charge in [0.05, 0.1) is 0 Å². The van der Waals surface area contributed by atoms with E-state index in [1.165, 1.54) is 9.75 Å². The topological polar surface area (TPSA) is 17.1 Å². The first kappa shape index (κ1) is 7.99. The number of thiophene rings is 1. The summed E-state index contributed by atoms with van der Waals surface area (Å²) in [4.78, 5) is 13.7. The molecule has 1 aliphatic carbocycles. The van der Waals surface area contributed by atoms with Crippen LogP contribution in [-0.2, 0) is 4.79 Å². The standard InChI is InChI=1S/C10H12OS/c1-6-3-4-10(12-6)9-5-8(9)7(2)11/h3-4,8-9H,5H2,1-2H3/t8-,9+/m1/s1. The summed E-state index contributed by atoms with van der Waals surface area (Å²) >= 11 is 1.83. The number of carbonyl (C=O) groups is 1. The quantitative estimate of drug-likeness (QED) is 0.684. The van der Waals surface area contributed by atoms with Gasteiger partial charge >= 0.3 is 0 Å². The Balaban J connectivity index is 2.10. The lowest BCUT2D eigenvalue weighted by atomic mass is 10.2. The number of aryl methyl sites for hydroxylation is 1. The van der Waals surface area contributed by atoms with Gasteiger partial charge in [0.25, 0.3) is 0 Å². The first-order valence-corrected chi connectivity index (χ1v) is 5.07. The van der Waals surface area contributed by atoms with E-state index in [9.17, 15) is 4.79 Å². The van der Waals surface area contributed by atoms with Gasteiger partial charge in [0.1, 0.15) is 5.78 Å². The summed E-state index contributed by atoms with van der Waals surface area (Å²) < 4.78 is 0. The molecule has 0 saturated heterocycles. The van der Waals surface area contributed by atoms with Crippen LogP contribution in [0.3, 0.4) is 0 Å². The van der Waals surface area contributed by atoms with Crippen molar-refractivity contribution < 1.29 is 4.79 Å². The Kier molecular flexibility index (Phi) is 1.80. The maximum absolute atomic E-state index is 11.0. The summed E-state index contributed by atoms with van der Waals surface area (Å²) in [5.74, 6) is 1.25. The Morgan fingerprint density at radius 1 is 1.58 bits per heavy atom. The van der Waals surface area contributed by atoms with Gasteiger partial charge in [-0.15, -0.1) is 11.3 Å². The molecule has 64 valence electrons. The van der Waals surface area contributed by atoms with Crippen molar-refractivity contribution in [2.75, 3.05) is 0 Å². The zero-order valence-electron chi connectivity index (χ0n) is 7.33. The van der Waals surface area contributed by atoms with Crippen LogP contribution >= 0.6 is 11.3 Å². The third kappa shape index (κ3) is 1.31. The Morgan fingerprint density at radius 2 is 2.33 bits per heavy atom. The second-order valence-electron chi connectivity index (χ2n) is 3.51. The summed E-state index contributed by atoms with van der Waals surface area (Å²) in [7, 11) is 0. The average Bonchev–Trinajstić information content (AvgIpc) is 2.70. The molecule has 2 rings (SSSR count). The second-order valence-corrected chi connectivity index (χ2v) is 4.83. The molecule has 0 unspecified atom stereocenters. The highest BCUT2D eigenvalue weighted by atomic mass is 32.1. The third-order valence-electron chi connectivity index (χ3n) is 2.44. The summed E-state index contributed by atoms with van der Waals surface area (Å²) in [6.07, 6.45) is 1.08. The number of carbonyl (C=O) groups excluding carboxylic acids is 1. The zero-order valence-corrected chi connectivity index (χ0v) is 8.15. The van der Waals surface area contributed by atoms with Crippen molar-refractivity contribution in [2.45, 2.75) is 26.2 Å². The van der Waals surface area contributed by atoms with Crippen molar-refractivity contribution in [3.8, 4) is 0 Å². The van der Waals surface area contributed by atoms with Gasteiger partial charge in [-0.25, -0.2) is 0 Å². The van der Waals surface area contributed by atoms with E-state index < -0.39 is 0 Å². The van der Waals surface area contributed by atoms with Gasteiger partial charge in [-0.3, -0.25) is 4.79 Å². The Morgan fingerprint density at radius 3 is 2.75 bits per heavy atom. The molecule has 1 aromatic heterocycles. The van der Waals surface area contributed by atoms with Crippen LogP contribution in [0.15, 0.2) is 12.1 Å². The predicted octanol–water partition coefficient (Wildman–Crippen LogP) is 2.75. The van der Waals surface area contributed by atoms with Crippen LogP contribution in [0.1, 0.15) is 29.0 Å². The van der Waals surface area contributed by atoms with Gasteiger partial charge in [-0.2, -0.15) is 0 Å². The lowest BCUT2D eigenvalue weighted by Gasteiger charge is -1.90. The number of rotatable bonds is 2. The molecule has 1 nitrogen and oxygen atoms in total. The highest BCUT2D eigenvalue weighted by molar-refractivity contribution is 7.12. The molecule has 0 amide bonds. The van der Waals surface area contributed by atoms with E-state index in [4.69, 9.17) is 0 Å². The molecule has 0 bridgehead atoms. The molecule has 0 aliphatic heterocycles. The van der Waals surface area contributed by atoms with Gasteiger partial charge < -0.3 is 0 Å². The fraction of sp³-hybridized carbons (Fsp3) is 0.500. The number of hydrogen-bond donors (Lipinski definition) is 0. The van der Waals surface area contributed by atoms with Crippen LogP contribution in [0.2, 0.25) is 0 Å². The molecule has 0 spiro atoms. The zero-order chi connectivity index (χ0) is 8.72. The van der Waals surface area contributed by atoms with Crippen LogP contribution in [0.5, 0.6) is 0 Å². The van der Waals surface area contributed by atoms with Gasteiger partial charge in [-0.1, -0.05) is 0 Å². The fourth-order valence-electron chi connectivity index (χ4n) is 1.61. The van der Waals surface area contributed by atoms with Crippen LogP contribution in [0, 0.1) is 12.8 Å². The lowest BCUT2D eigenvalue weighted by molar-refractivity contribution is -0.118. The minimum absolute atomic E-state index is 0.336. The first-order chi connectivity index (χ1) is 5.68. The molecule has 1 aromatic rings. The lowest BCUT2D eigenvalue weighted by Crippen LogP contribution is -1.93. The summed E-state index contributed by atoms with van der Waals surface area (Å²) in [5, 5.41) is 0. The van der Waals surface area contributed by atoms with E-state index in [0.717, 1.165) is 6.42 Å². The average molecular weight is 180 g/mol. The fourth-order valence-corrected chi connectivity index (χ4v) is 2.67. The minimum atomic E-state index is 0.336. The summed E-state index contributed by atoms with van der Waals surface area (Å²) in [6, 6.07) is 4.29. The molecular weight excluding hydrogens is 168 g/mol. The van der Waals surface area contributed by atoms with Gasteiger partial charge in [0, 0.05) is 21.6 Å². The van der Waals surface area contributed by atoms with E-state index in [0.29, 0.717) is 17.6 Å². The Bertz CT molecular complexity index is 313. The normalized spacial score (nSPS) is 27.2. The van der Waals surface area contributed by atoms with Crippen molar-refractivity contribution in [3.63, 3.8) is 0 Å². The van der Waals surface area contributed by atoms with Crippen LogP contribution in [-0.4, -0.2) is 5.78 Å². The minimum Gasteiger partial charge on any atom is -0.300 e. The predicted molar refractivity (Wildman–Crippen MR) is 50.6 cm³/mol. The molecule has 2 atom stereocenters. The van der Waals surface area contributed by atoms with Crippen molar-refractivity contribution >= 4 is 17.1 Å². The number of ketones is 1. The Labute approximate surface area is 76.4 Å². The van der Waals surface area contributed by atoms with Crippen molar-refractivity contribution in [2.24, 2.45) is 5.92 Å². The van der Waals surface area contributed by atoms with Gasteiger partial charge in [0.2, 0.25) is 0 Å². The van der Waals surface area contributed by atoms with Gasteiger partial charge in [0.15, 0.2) is 0 Å². The molecular formula is C10H12OS. The molecule has 0 aromatic carbocycles. The molecule has 1 heterocycles. The van der Waals surface area contributed by atoms with E-state index >= 15 is 0 Å². The van der Waals surface area contributed by atoms with Crippen LogP contribution < -0.4 is 0 Å². The van der Waals surface area contributed by atoms with E-state index in [-0.39, 0.29) is 0 Å². The summed E-state index contributed by atoms with van der Waals surface area (Å²) in [5.41, 5.74) is 0.